The van der Waals surface area contributed by atoms with Crippen molar-refractivity contribution in [2.24, 2.45) is 0 Å². The zero-order chi connectivity index (χ0) is 16.4. The monoisotopic (exact) mass is 314 g/mol. The van der Waals surface area contributed by atoms with Crippen molar-refractivity contribution in [3.8, 4) is 0 Å². The number of benzene rings is 1. The highest BCUT2D eigenvalue weighted by atomic mass is 19.1. The fourth-order valence-electron chi connectivity index (χ4n) is 3.00. The molecule has 0 spiro atoms. The number of likely N-dealkylation sites (tertiary alicyclic amines) is 1. The Morgan fingerprint density at radius 2 is 2.09 bits per heavy atom. The predicted molar refractivity (Wildman–Crippen MR) is 84.4 cm³/mol. The second-order valence-electron chi connectivity index (χ2n) is 5.82. The van der Waals surface area contributed by atoms with Gasteiger partial charge in [-0.2, -0.15) is 0 Å². The fourth-order valence-corrected chi connectivity index (χ4v) is 3.00. The summed E-state index contributed by atoms with van der Waals surface area (Å²) in [6.45, 7) is 2.28. The van der Waals surface area contributed by atoms with Crippen molar-refractivity contribution in [1.82, 2.24) is 9.88 Å². The van der Waals surface area contributed by atoms with Crippen molar-refractivity contribution in [3.63, 3.8) is 0 Å². The Kier molecular flexibility index (Phi) is 4.39. The molecule has 1 aliphatic rings. The highest BCUT2D eigenvalue weighted by molar-refractivity contribution is 5.93. The standard InChI is InChI=1S/C18H19FN2O2/c1-2-12-7-8-20-16(9-12)18(23)21-11-15(22)10-17(21)13-3-5-14(19)6-4-13/h3-9,15,17,22H,2,10-11H2,1H3/t15-,17-/m0/s1. The van der Waals surface area contributed by atoms with Gasteiger partial charge in [-0.25, -0.2) is 4.39 Å². The van der Waals surface area contributed by atoms with Crippen LogP contribution in [0.5, 0.6) is 0 Å². The summed E-state index contributed by atoms with van der Waals surface area (Å²) in [5.74, 6) is -0.520. The third-order valence-electron chi connectivity index (χ3n) is 4.25. The zero-order valence-corrected chi connectivity index (χ0v) is 12.9. The van der Waals surface area contributed by atoms with Gasteiger partial charge in [-0.3, -0.25) is 9.78 Å². The van der Waals surface area contributed by atoms with Crippen molar-refractivity contribution >= 4 is 5.91 Å². The molecule has 0 radical (unpaired) electrons. The van der Waals surface area contributed by atoms with Gasteiger partial charge in [-0.05, 0) is 48.2 Å². The molecule has 1 N–H and O–H groups in total. The molecule has 1 aromatic heterocycles. The minimum atomic E-state index is -0.580. The van der Waals surface area contributed by atoms with Crippen LogP contribution in [0.3, 0.4) is 0 Å². The number of hydrogen-bond acceptors (Lipinski definition) is 3. The van der Waals surface area contributed by atoms with E-state index in [0.29, 0.717) is 12.1 Å². The second-order valence-corrected chi connectivity index (χ2v) is 5.82. The first-order valence-electron chi connectivity index (χ1n) is 7.78. The lowest BCUT2D eigenvalue weighted by Crippen LogP contribution is -2.32. The molecule has 4 nitrogen and oxygen atoms in total. The smallest absolute Gasteiger partial charge is 0.273 e. The van der Waals surface area contributed by atoms with Crippen molar-refractivity contribution in [2.75, 3.05) is 6.54 Å². The maximum absolute atomic E-state index is 13.1. The molecule has 0 unspecified atom stereocenters. The van der Waals surface area contributed by atoms with E-state index in [9.17, 15) is 14.3 Å². The van der Waals surface area contributed by atoms with Gasteiger partial charge in [0.1, 0.15) is 11.5 Å². The summed E-state index contributed by atoms with van der Waals surface area (Å²) in [4.78, 5) is 18.6. The molecule has 5 heteroatoms. The zero-order valence-electron chi connectivity index (χ0n) is 12.9. The van der Waals surface area contributed by atoms with Gasteiger partial charge in [0.2, 0.25) is 0 Å². The number of aliphatic hydroxyl groups excluding tert-OH is 1. The van der Waals surface area contributed by atoms with E-state index in [4.69, 9.17) is 0 Å². The summed E-state index contributed by atoms with van der Waals surface area (Å²) in [5, 5.41) is 9.99. The van der Waals surface area contributed by atoms with E-state index >= 15 is 0 Å². The molecule has 2 atom stereocenters. The molecule has 1 aliphatic heterocycles. The van der Waals surface area contributed by atoms with Gasteiger partial charge in [-0.15, -0.1) is 0 Å². The second kappa shape index (κ2) is 6.46. The summed E-state index contributed by atoms with van der Waals surface area (Å²) in [7, 11) is 0. The molecular weight excluding hydrogens is 295 g/mol. The van der Waals surface area contributed by atoms with Crippen molar-refractivity contribution in [1.29, 1.82) is 0 Å². The van der Waals surface area contributed by atoms with E-state index in [0.717, 1.165) is 17.5 Å². The number of β-amino-alcohol motifs (C(OH)–C–C–N with tert-alkyl or cyclic N) is 1. The molecule has 1 fully saturated rings. The Labute approximate surface area is 134 Å². The largest absolute Gasteiger partial charge is 0.391 e. The Hall–Kier alpha value is -2.27. The van der Waals surface area contributed by atoms with E-state index in [2.05, 4.69) is 4.98 Å². The van der Waals surface area contributed by atoms with Gasteiger partial charge in [-0.1, -0.05) is 19.1 Å². The predicted octanol–water partition coefficient (Wildman–Crippen LogP) is 2.73. The third-order valence-corrected chi connectivity index (χ3v) is 4.25. The Bertz CT molecular complexity index is 702. The summed E-state index contributed by atoms with van der Waals surface area (Å²) < 4.78 is 13.1. The first-order valence-corrected chi connectivity index (χ1v) is 7.78. The lowest BCUT2D eigenvalue weighted by atomic mass is 10.0. The number of amides is 1. The molecule has 1 saturated heterocycles. The van der Waals surface area contributed by atoms with E-state index in [-0.39, 0.29) is 24.3 Å². The maximum atomic E-state index is 13.1. The molecule has 120 valence electrons. The minimum absolute atomic E-state index is 0.203. The number of aromatic nitrogens is 1. The van der Waals surface area contributed by atoms with Crippen LogP contribution in [0, 0.1) is 5.82 Å². The van der Waals surface area contributed by atoms with Crippen LogP contribution in [-0.4, -0.2) is 33.5 Å². The van der Waals surface area contributed by atoms with Crippen LogP contribution in [0.15, 0.2) is 42.6 Å². The molecule has 0 bridgehead atoms. The van der Waals surface area contributed by atoms with Gasteiger partial charge in [0, 0.05) is 12.7 Å². The summed E-state index contributed by atoms with van der Waals surface area (Å²) >= 11 is 0. The van der Waals surface area contributed by atoms with Crippen LogP contribution >= 0.6 is 0 Å². The molecule has 0 aliphatic carbocycles. The molecule has 2 aromatic rings. The number of aryl methyl sites for hydroxylation is 1. The van der Waals surface area contributed by atoms with Gasteiger partial charge in [0.05, 0.1) is 12.1 Å². The van der Waals surface area contributed by atoms with Crippen molar-refractivity contribution in [2.45, 2.75) is 31.9 Å². The van der Waals surface area contributed by atoms with E-state index in [1.54, 1.807) is 29.3 Å². The third kappa shape index (κ3) is 3.24. The molecule has 1 aromatic carbocycles. The number of hydrogen-bond donors (Lipinski definition) is 1. The Morgan fingerprint density at radius 1 is 1.35 bits per heavy atom. The van der Waals surface area contributed by atoms with Gasteiger partial charge in [0.25, 0.3) is 5.91 Å². The fraction of sp³-hybridized carbons (Fsp3) is 0.333. The first kappa shape index (κ1) is 15.6. The van der Waals surface area contributed by atoms with Crippen molar-refractivity contribution in [3.05, 3.63) is 65.2 Å². The lowest BCUT2D eigenvalue weighted by Gasteiger charge is -2.24. The SMILES string of the molecule is CCc1ccnc(C(=O)N2C[C@@H](O)C[C@H]2c2ccc(F)cc2)c1. The van der Waals surface area contributed by atoms with Crippen LogP contribution in [0.1, 0.15) is 41.0 Å². The number of nitrogens with zero attached hydrogens (tertiary/aromatic N) is 2. The van der Waals surface area contributed by atoms with Gasteiger partial charge >= 0.3 is 0 Å². The first-order chi connectivity index (χ1) is 11.1. The summed E-state index contributed by atoms with van der Waals surface area (Å²) in [6, 6.07) is 9.48. The van der Waals surface area contributed by atoms with Crippen LogP contribution < -0.4 is 0 Å². The number of pyridine rings is 1. The molecule has 0 saturated carbocycles. The quantitative estimate of drug-likeness (QED) is 0.948. The van der Waals surface area contributed by atoms with Crippen LogP contribution in [0.2, 0.25) is 0 Å². The number of carbonyl (C=O) groups is 1. The summed E-state index contributed by atoms with van der Waals surface area (Å²) in [5.41, 5.74) is 2.25. The molecule has 23 heavy (non-hydrogen) atoms. The number of rotatable bonds is 3. The average Bonchev–Trinajstić information content (AvgIpc) is 2.96. The van der Waals surface area contributed by atoms with Crippen molar-refractivity contribution < 1.29 is 14.3 Å². The highest BCUT2D eigenvalue weighted by Gasteiger charge is 2.36. The Morgan fingerprint density at radius 3 is 2.78 bits per heavy atom. The van der Waals surface area contributed by atoms with Crippen LogP contribution in [0.25, 0.3) is 0 Å². The van der Waals surface area contributed by atoms with Gasteiger partial charge in [0.15, 0.2) is 0 Å². The summed E-state index contributed by atoms with van der Waals surface area (Å²) in [6.07, 6.45) is 2.33. The lowest BCUT2D eigenvalue weighted by molar-refractivity contribution is 0.0709. The minimum Gasteiger partial charge on any atom is -0.391 e. The molecule has 2 heterocycles. The number of halogens is 1. The molecule has 3 rings (SSSR count). The molecular formula is C18H19FN2O2. The average molecular weight is 314 g/mol. The van der Waals surface area contributed by atoms with Crippen LogP contribution in [-0.2, 0) is 6.42 Å². The number of aliphatic hydroxyl groups is 1. The molecule has 1 amide bonds. The van der Waals surface area contributed by atoms with E-state index in [1.165, 1.54) is 12.1 Å². The number of carbonyl (C=O) groups excluding carboxylic acids is 1. The topological polar surface area (TPSA) is 53.4 Å². The highest BCUT2D eigenvalue weighted by Crippen LogP contribution is 2.33. The van der Waals surface area contributed by atoms with Gasteiger partial charge < -0.3 is 10.0 Å². The maximum Gasteiger partial charge on any atom is 0.273 e. The van der Waals surface area contributed by atoms with E-state index < -0.39 is 6.10 Å². The van der Waals surface area contributed by atoms with Crippen LogP contribution in [0.4, 0.5) is 4.39 Å². The Balaban J connectivity index is 1.89. The van der Waals surface area contributed by atoms with E-state index in [1.807, 2.05) is 13.0 Å². The normalized spacial score (nSPS) is 20.7.